The van der Waals surface area contributed by atoms with E-state index >= 15 is 0 Å². The van der Waals surface area contributed by atoms with Crippen molar-refractivity contribution >= 4 is 15.9 Å². The van der Waals surface area contributed by atoms with Gasteiger partial charge in [-0.15, -0.1) is 0 Å². The van der Waals surface area contributed by atoms with Crippen molar-refractivity contribution in [1.29, 1.82) is 0 Å². The number of hydrogen-bond donors (Lipinski definition) is 3. The van der Waals surface area contributed by atoms with Crippen molar-refractivity contribution < 1.29 is 19.2 Å². The molecule has 0 saturated carbocycles. The smallest absolute Gasteiger partial charge is 0.326 e. The lowest BCUT2D eigenvalue weighted by molar-refractivity contribution is 0.374. The van der Waals surface area contributed by atoms with E-state index in [1.807, 2.05) is 0 Å². The van der Waals surface area contributed by atoms with Crippen LogP contribution in [0.25, 0.3) is 0 Å². The molecule has 0 amide bonds. The van der Waals surface area contributed by atoms with Crippen LogP contribution in [0, 0.1) is 0 Å². The molecule has 6 nitrogen and oxygen atoms in total. The van der Waals surface area contributed by atoms with E-state index < -0.39 is 15.9 Å². The summed E-state index contributed by atoms with van der Waals surface area (Å²) >= 11 is 0. The molecule has 0 aliphatic heterocycles. The predicted molar refractivity (Wildman–Crippen MR) is 67.2 cm³/mol. The van der Waals surface area contributed by atoms with Crippen molar-refractivity contribution in [2.24, 2.45) is 0 Å². The Bertz CT molecular complexity index is 390. The van der Waals surface area contributed by atoms with Gasteiger partial charge >= 0.3 is 7.60 Å². The lowest BCUT2D eigenvalue weighted by Gasteiger charge is -2.11. The number of aryl methyl sites for hydroxylation is 1. The van der Waals surface area contributed by atoms with Gasteiger partial charge in [-0.25, -0.2) is 4.98 Å². The third-order valence-electron chi connectivity index (χ3n) is 2.27. The van der Waals surface area contributed by atoms with Crippen LogP contribution in [0.2, 0.25) is 0 Å². The molecule has 0 aromatic carbocycles. The summed E-state index contributed by atoms with van der Waals surface area (Å²) in [5.74, 6) is 0. The number of nitrogens with zero attached hydrogens (tertiary/aromatic N) is 2. The van der Waals surface area contributed by atoms with Gasteiger partial charge in [-0.05, 0) is 12.8 Å². The molecule has 0 saturated heterocycles. The maximum atomic E-state index is 10.7. The molecule has 1 rings (SSSR count). The van der Waals surface area contributed by atoms with E-state index in [9.17, 15) is 9.46 Å². The molecule has 1 atom stereocenters. The summed E-state index contributed by atoms with van der Waals surface area (Å²) in [6, 6.07) is 0. The van der Waals surface area contributed by atoms with Crippen LogP contribution in [0.3, 0.4) is 0 Å². The summed E-state index contributed by atoms with van der Waals surface area (Å²) in [6.07, 6.45) is 6.06. The zero-order valence-corrected chi connectivity index (χ0v) is 11.5. The second-order valence-corrected chi connectivity index (χ2v) is 7.26. The Morgan fingerprint density at radius 2 is 2.24 bits per heavy atom. The summed E-state index contributed by atoms with van der Waals surface area (Å²) in [7, 11) is -5.60. The fraction of sp³-hybridized carbons (Fsp3) is 0.667. The number of aromatic nitrogens is 2. The normalized spacial score (nSPS) is 13.9. The molecule has 0 radical (unpaired) electrons. The first-order valence-electron chi connectivity index (χ1n) is 5.46. The maximum absolute atomic E-state index is 10.7. The Morgan fingerprint density at radius 1 is 1.53 bits per heavy atom. The number of imidazole rings is 1. The minimum absolute atomic E-state index is 0.0865. The zero-order chi connectivity index (χ0) is 12.9. The molecule has 0 bridgehead atoms. The average molecular weight is 280 g/mol. The van der Waals surface area contributed by atoms with Gasteiger partial charge in [0, 0.05) is 12.4 Å². The van der Waals surface area contributed by atoms with Gasteiger partial charge in [0.2, 0.25) is 0 Å². The third-order valence-corrected chi connectivity index (χ3v) is 4.80. The highest BCUT2D eigenvalue weighted by atomic mass is 31.2. The second-order valence-electron chi connectivity index (χ2n) is 3.83. The highest BCUT2D eigenvalue weighted by Gasteiger charge is 2.17. The van der Waals surface area contributed by atoms with Crippen LogP contribution in [-0.2, 0) is 11.0 Å². The van der Waals surface area contributed by atoms with Crippen molar-refractivity contribution in [2.45, 2.75) is 26.2 Å². The Labute approximate surface area is 102 Å². The molecular formula is C9H18N2O4P2. The molecule has 8 heteroatoms. The van der Waals surface area contributed by atoms with Crippen LogP contribution in [0.1, 0.15) is 25.5 Å². The van der Waals surface area contributed by atoms with Gasteiger partial charge in [0.05, 0.1) is 18.2 Å². The van der Waals surface area contributed by atoms with Gasteiger partial charge in [-0.3, -0.25) is 8.90 Å². The molecule has 98 valence electrons. The van der Waals surface area contributed by atoms with Crippen LogP contribution >= 0.6 is 15.9 Å². The summed E-state index contributed by atoms with van der Waals surface area (Å²) < 4.78 is 12.2. The molecule has 3 N–H and O–H groups in total. The predicted octanol–water partition coefficient (Wildman–Crippen LogP) is 1.56. The van der Waals surface area contributed by atoms with Crippen LogP contribution in [0.4, 0.5) is 0 Å². The zero-order valence-electron chi connectivity index (χ0n) is 9.73. The van der Waals surface area contributed by atoms with Crippen molar-refractivity contribution in [3.8, 4) is 0 Å². The van der Waals surface area contributed by atoms with Gasteiger partial charge in [0.15, 0.2) is 0 Å². The first-order valence-corrected chi connectivity index (χ1v) is 8.69. The van der Waals surface area contributed by atoms with Crippen molar-refractivity contribution in [3.63, 3.8) is 0 Å². The van der Waals surface area contributed by atoms with Crippen LogP contribution in [0.5, 0.6) is 0 Å². The van der Waals surface area contributed by atoms with Gasteiger partial charge in [-0.1, -0.05) is 13.3 Å². The SMILES string of the molecule is CCCCc1cn(P(O)CCP(=O)(O)O)cn1. The minimum Gasteiger partial charge on any atom is -0.354 e. The van der Waals surface area contributed by atoms with Gasteiger partial charge < -0.3 is 14.7 Å². The Morgan fingerprint density at radius 3 is 2.82 bits per heavy atom. The Kier molecular flexibility index (Phi) is 5.77. The molecule has 1 aromatic rings. The Hall–Kier alpha value is -0.250. The monoisotopic (exact) mass is 280 g/mol. The highest BCUT2D eigenvalue weighted by Crippen LogP contribution is 2.41. The molecule has 0 aliphatic rings. The fourth-order valence-corrected chi connectivity index (χ4v) is 3.73. The topological polar surface area (TPSA) is 95.6 Å². The van der Waals surface area contributed by atoms with E-state index in [1.54, 1.807) is 10.5 Å². The summed E-state index contributed by atoms with van der Waals surface area (Å²) in [4.78, 5) is 31.4. The average Bonchev–Trinajstić information content (AvgIpc) is 2.70. The number of rotatable bonds is 7. The second kappa shape index (κ2) is 6.62. The quantitative estimate of drug-likeness (QED) is 0.659. The van der Waals surface area contributed by atoms with E-state index in [2.05, 4.69) is 11.9 Å². The van der Waals surface area contributed by atoms with E-state index in [0.717, 1.165) is 25.0 Å². The first kappa shape index (κ1) is 14.8. The van der Waals surface area contributed by atoms with E-state index in [0.29, 0.717) is 0 Å². The van der Waals surface area contributed by atoms with E-state index in [4.69, 9.17) is 9.79 Å². The molecule has 1 aromatic heterocycles. The number of hydrogen-bond acceptors (Lipinski definition) is 3. The summed E-state index contributed by atoms with van der Waals surface area (Å²) in [5, 5.41) is 0. The number of unbranched alkanes of at least 4 members (excludes halogenated alkanes) is 1. The van der Waals surface area contributed by atoms with Crippen molar-refractivity contribution in [1.82, 2.24) is 9.32 Å². The first-order chi connectivity index (χ1) is 7.92. The maximum Gasteiger partial charge on any atom is 0.326 e. The van der Waals surface area contributed by atoms with E-state index in [-0.39, 0.29) is 12.3 Å². The third kappa shape index (κ3) is 5.75. The molecule has 1 heterocycles. The van der Waals surface area contributed by atoms with Crippen molar-refractivity contribution in [3.05, 3.63) is 18.2 Å². The summed E-state index contributed by atoms with van der Waals surface area (Å²) in [5.41, 5.74) is 0.907. The summed E-state index contributed by atoms with van der Waals surface area (Å²) in [6.45, 7) is 2.09. The van der Waals surface area contributed by atoms with E-state index in [1.165, 1.54) is 6.33 Å². The molecular weight excluding hydrogens is 262 g/mol. The fourth-order valence-electron chi connectivity index (χ4n) is 1.30. The molecule has 0 fully saturated rings. The Balaban J connectivity index is 2.48. The molecule has 0 spiro atoms. The van der Waals surface area contributed by atoms with Crippen LogP contribution < -0.4 is 0 Å². The van der Waals surface area contributed by atoms with Gasteiger partial charge in [-0.2, -0.15) is 0 Å². The highest BCUT2D eigenvalue weighted by molar-refractivity contribution is 7.55. The molecule has 1 unspecified atom stereocenters. The lowest BCUT2D eigenvalue weighted by Crippen LogP contribution is -1.98. The standard InChI is InChI=1S/C9H18N2O4P2/c1-2-3-4-9-7-11(8-10-9)16(12)5-6-17(13,14)15/h7-8,12H,2-6H2,1H3,(H2,13,14,15). The van der Waals surface area contributed by atoms with Gasteiger partial charge in [0.25, 0.3) is 0 Å². The van der Waals surface area contributed by atoms with Crippen molar-refractivity contribution in [2.75, 3.05) is 12.3 Å². The molecule has 17 heavy (non-hydrogen) atoms. The van der Waals surface area contributed by atoms with Gasteiger partial charge in [0.1, 0.15) is 8.30 Å². The van der Waals surface area contributed by atoms with Crippen LogP contribution in [-0.4, -0.2) is 36.3 Å². The molecule has 0 aliphatic carbocycles. The lowest BCUT2D eigenvalue weighted by atomic mass is 10.2. The van der Waals surface area contributed by atoms with Crippen LogP contribution in [0.15, 0.2) is 12.5 Å². The largest absolute Gasteiger partial charge is 0.354 e. The minimum atomic E-state index is -4.03.